The summed E-state index contributed by atoms with van der Waals surface area (Å²) in [5.41, 5.74) is 6.28. The number of phenols is 1. The third kappa shape index (κ3) is 4.95. The van der Waals surface area contributed by atoms with Crippen LogP contribution in [0.15, 0.2) is 53.6 Å². The van der Waals surface area contributed by atoms with Crippen molar-refractivity contribution in [2.45, 2.75) is 39.5 Å². The standard InChI is InChI=1S/C24H27N3O3/c1-4-5-6-9-18-15-20(19-10-7-8-11-21(19)25-18)24(29)27-26-16(2)17-12-13-22(28)23(14-17)30-3/h7-8,10-15,28H,4-6,9H2,1-3H3,(H,27,29). The second-order valence-corrected chi connectivity index (χ2v) is 7.16. The highest BCUT2D eigenvalue weighted by molar-refractivity contribution is 6.07. The summed E-state index contributed by atoms with van der Waals surface area (Å²) in [7, 11) is 1.49. The summed E-state index contributed by atoms with van der Waals surface area (Å²) in [6.45, 7) is 3.95. The highest BCUT2D eigenvalue weighted by atomic mass is 16.5. The number of benzene rings is 2. The number of nitrogens with one attached hydrogen (secondary N) is 1. The summed E-state index contributed by atoms with van der Waals surface area (Å²) in [6, 6.07) is 14.4. The number of aromatic nitrogens is 1. The fraction of sp³-hybridized carbons (Fsp3) is 0.292. The molecule has 1 aromatic heterocycles. The minimum absolute atomic E-state index is 0.0527. The molecule has 30 heavy (non-hydrogen) atoms. The number of para-hydroxylation sites is 1. The van der Waals surface area contributed by atoms with Crippen molar-refractivity contribution in [3.8, 4) is 11.5 Å². The van der Waals surface area contributed by atoms with E-state index < -0.39 is 0 Å². The van der Waals surface area contributed by atoms with Crippen LogP contribution in [-0.4, -0.2) is 28.8 Å². The van der Waals surface area contributed by atoms with E-state index in [9.17, 15) is 9.90 Å². The number of aromatic hydroxyl groups is 1. The van der Waals surface area contributed by atoms with Gasteiger partial charge in [-0.05, 0) is 50.1 Å². The van der Waals surface area contributed by atoms with Crippen molar-refractivity contribution < 1.29 is 14.6 Å². The Bertz CT molecular complexity index is 1080. The number of rotatable bonds is 8. The molecule has 2 aromatic carbocycles. The molecule has 0 aliphatic rings. The number of pyridine rings is 1. The van der Waals surface area contributed by atoms with Gasteiger partial charge in [-0.25, -0.2) is 5.43 Å². The quantitative estimate of drug-likeness (QED) is 0.319. The number of carbonyl (C=O) groups is 1. The fourth-order valence-corrected chi connectivity index (χ4v) is 3.26. The summed E-state index contributed by atoms with van der Waals surface area (Å²) in [6.07, 6.45) is 4.16. The van der Waals surface area contributed by atoms with E-state index in [0.717, 1.165) is 47.8 Å². The maximum absolute atomic E-state index is 12.9. The Balaban J connectivity index is 1.86. The monoisotopic (exact) mass is 405 g/mol. The van der Waals surface area contributed by atoms with Gasteiger partial charge < -0.3 is 9.84 Å². The Kier molecular flexibility index (Phi) is 7.01. The van der Waals surface area contributed by atoms with Crippen molar-refractivity contribution in [1.29, 1.82) is 0 Å². The van der Waals surface area contributed by atoms with E-state index in [0.29, 0.717) is 17.0 Å². The summed E-state index contributed by atoms with van der Waals surface area (Å²) >= 11 is 0. The van der Waals surface area contributed by atoms with Crippen molar-refractivity contribution >= 4 is 22.5 Å². The van der Waals surface area contributed by atoms with Crippen LogP contribution in [0.5, 0.6) is 11.5 Å². The molecule has 0 atom stereocenters. The fourth-order valence-electron chi connectivity index (χ4n) is 3.26. The lowest BCUT2D eigenvalue weighted by Crippen LogP contribution is -2.20. The number of hydrogen-bond acceptors (Lipinski definition) is 5. The molecular weight excluding hydrogens is 378 g/mol. The molecule has 0 saturated heterocycles. The van der Waals surface area contributed by atoms with Crippen molar-refractivity contribution in [2.75, 3.05) is 7.11 Å². The Morgan fingerprint density at radius 3 is 2.73 bits per heavy atom. The topological polar surface area (TPSA) is 83.8 Å². The second-order valence-electron chi connectivity index (χ2n) is 7.16. The lowest BCUT2D eigenvalue weighted by atomic mass is 10.0. The smallest absolute Gasteiger partial charge is 0.272 e. The van der Waals surface area contributed by atoms with Gasteiger partial charge in [-0.1, -0.05) is 38.0 Å². The van der Waals surface area contributed by atoms with Crippen LogP contribution in [0.3, 0.4) is 0 Å². The first-order valence-electron chi connectivity index (χ1n) is 10.1. The average Bonchev–Trinajstić information content (AvgIpc) is 2.77. The molecule has 0 saturated carbocycles. The molecule has 0 bridgehead atoms. The lowest BCUT2D eigenvalue weighted by molar-refractivity contribution is 0.0956. The number of hydrazone groups is 1. The number of aryl methyl sites for hydroxylation is 1. The van der Waals surface area contributed by atoms with Gasteiger partial charge in [0.05, 0.1) is 23.9 Å². The predicted octanol–water partition coefficient (Wildman–Crippen LogP) is 4.84. The van der Waals surface area contributed by atoms with E-state index in [1.165, 1.54) is 13.2 Å². The largest absolute Gasteiger partial charge is 0.504 e. The van der Waals surface area contributed by atoms with Crippen LogP contribution in [0.2, 0.25) is 0 Å². The van der Waals surface area contributed by atoms with Crippen molar-refractivity contribution in [2.24, 2.45) is 5.10 Å². The maximum Gasteiger partial charge on any atom is 0.272 e. The van der Waals surface area contributed by atoms with Gasteiger partial charge >= 0.3 is 0 Å². The van der Waals surface area contributed by atoms with E-state index in [4.69, 9.17) is 9.72 Å². The van der Waals surface area contributed by atoms with Crippen LogP contribution in [-0.2, 0) is 6.42 Å². The van der Waals surface area contributed by atoms with E-state index in [-0.39, 0.29) is 11.7 Å². The Morgan fingerprint density at radius 2 is 1.97 bits per heavy atom. The molecule has 3 rings (SSSR count). The maximum atomic E-state index is 12.9. The molecule has 0 fully saturated rings. The molecule has 6 heteroatoms. The minimum Gasteiger partial charge on any atom is -0.504 e. The molecule has 2 N–H and O–H groups in total. The molecule has 6 nitrogen and oxygen atoms in total. The predicted molar refractivity (Wildman–Crippen MR) is 119 cm³/mol. The van der Waals surface area contributed by atoms with E-state index in [2.05, 4.69) is 17.5 Å². The van der Waals surface area contributed by atoms with E-state index in [1.807, 2.05) is 30.3 Å². The summed E-state index contributed by atoms with van der Waals surface area (Å²) in [5.74, 6) is 0.123. The zero-order chi connectivity index (χ0) is 21.5. The zero-order valence-electron chi connectivity index (χ0n) is 17.6. The number of methoxy groups -OCH3 is 1. The van der Waals surface area contributed by atoms with Crippen molar-refractivity contribution in [3.63, 3.8) is 0 Å². The van der Waals surface area contributed by atoms with Gasteiger partial charge in [-0.3, -0.25) is 9.78 Å². The second kappa shape index (κ2) is 9.87. The first-order valence-corrected chi connectivity index (χ1v) is 10.1. The summed E-state index contributed by atoms with van der Waals surface area (Å²) < 4.78 is 5.13. The number of carbonyl (C=O) groups excluding carboxylic acids is 1. The number of fused-ring (bicyclic) bond motifs is 1. The zero-order valence-corrected chi connectivity index (χ0v) is 17.6. The number of phenolic OH excluding ortho intramolecular Hbond substituents is 1. The van der Waals surface area contributed by atoms with Crippen LogP contribution in [0.4, 0.5) is 0 Å². The summed E-state index contributed by atoms with van der Waals surface area (Å²) in [4.78, 5) is 17.7. The third-order valence-corrected chi connectivity index (χ3v) is 4.97. The molecule has 1 amide bonds. The highest BCUT2D eigenvalue weighted by Gasteiger charge is 2.13. The third-order valence-electron chi connectivity index (χ3n) is 4.97. The van der Waals surface area contributed by atoms with Gasteiger partial charge in [-0.15, -0.1) is 0 Å². The number of amides is 1. The highest BCUT2D eigenvalue weighted by Crippen LogP contribution is 2.26. The van der Waals surface area contributed by atoms with E-state index in [1.54, 1.807) is 19.1 Å². The molecule has 156 valence electrons. The Morgan fingerprint density at radius 1 is 1.17 bits per heavy atom. The number of nitrogens with zero attached hydrogens (tertiary/aromatic N) is 2. The Labute approximate surface area is 176 Å². The van der Waals surface area contributed by atoms with Crippen molar-refractivity contribution in [1.82, 2.24) is 10.4 Å². The van der Waals surface area contributed by atoms with Crippen molar-refractivity contribution in [3.05, 3.63) is 65.4 Å². The molecule has 0 unspecified atom stereocenters. The SMILES string of the molecule is CCCCCc1cc(C(=O)NN=C(C)c2ccc(O)c(OC)c2)c2ccccc2n1. The van der Waals surface area contributed by atoms with Crippen LogP contribution in [0, 0.1) is 0 Å². The van der Waals surface area contributed by atoms with Gasteiger partial charge in [0.15, 0.2) is 11.5 Å². The summed E-state index contributed by atoms with van der Waals surface area (Å²) in [5, 5.41) is 14.8. The molecule has 0 radical (unpaired) electrons. The molecule has 0 spiro atoms. The van der Waals surface area contributed by atoms with Gasteiger partial charge in [0, 0.05) is 16.6 Å². The van der Waals surface area contributed by atoms with Gasteiger partial charge in [0.1, 0.15) is 0 Å². The van der Waals surface area contributed by atoms with Gasteiger partial charge in [0.2, 0.25) is 0 Å². The molecule has 3 aromatic rings. The number of hydrogen-bond donors (Lipinski definition) is 2. The minimum atomic E-state index is -0.282. The first-order chi connectivity index (χ1) is 14.5. The van der Waals surface area contributed by atoms with Gasteiger partial charge in [-0.2, -0.15) is 5.10 Å². The van der Waals surface area contributed by atoms with Crippen LogP contribution >= 0.6 is 0 Å². The molecule has 1 heterocycles. The lowest BCUT2D eigenvalue weighted by Gasteiger charge is -2.10. The number of unbranched alkanes of at least 4 members (excludes halogenated alkanes) is 2. The van der Waals surface area contributed by atoms with Crippen LogP contribution in [0.1, 0.15) is 54.7 Å². The first kappa shape index (κ1) is 21.3. The molecule has 0 aliphatic carbocycles. The molecule has 0 aliphatic heterocycles. The van der Waals surface area contributed by atoms with E-state index >= 15 is 0 Å². The van der Waals surface area contributed by atoms with Gasteiger partial charge in [0.25, 0.3) is 5.91 Å². The number of ether oxygens (including phenoxy) is 1. The van der Waals surface area contributed by atoms with Crippen LogP contribution in [0.25, 0.3) is 10.9 Å². The average molecular weight is 405 g/mol. The van der Waals surface area contributed by atoms with Crippen LogP contribution < -0.4 is 10.2 Å². The normalized spacial score (nSPS) is 11.5. The molecular formula is C24H27N3O3. The Hall–Kier alpha value is -3.41.